The smallest absolute Gasteiger partial charge is 0.273 e. The lowest BCUT2D eigenvalue weighted by molar-refractivity contribution is -0.129. The Labute approximate surface area is 186 Å². The predicted molar refractivity (Wildman–Crippen MR) is 119 cm³/mol. The molecule has 0 spiro atoms. The number of fused-ring (bicyclic) bond motifs is 1. The number of benzene rings is 1. The number of aliphatic hydroxyl groups is 1. The maximum Gasteiger partial charge on any atom is 0.273 e. The highest BCUT2D eigenvalue weighted by molar-refractivity contribution is 5.97. The molecular formula is C24H27N5O3. The Morgan fingerprint density at radius 3 is 2.59 bits per heavy atom. The maximum absolute atomic E-state index is 13.8. The molecule has 8 nitrogen and oxygen atoms in total. The van der Waals surface area contributed by atoms with Crippen LogP contribution in [-0.2, 0) is 11.2 Å². The molecule has 1 aromatic carbocycles. The van der Waals surface area contributed by atoms with Crippen LogP contribution in [0.5, 0.6) is 0 Å². The molecule has 0 saturated heterocycles. The van der Waals surface area contributed by atoms with E-state index in [-0.39, 0.29) is 11.6 Å². The topological polar surface area (TPSA) is 111 Å². The molecule has 1 aliphatic rings. The SMILES string of the molecule is CC(C)(C)NC(=O)C(c1cccnc1)N(C(=O)c1cnc[nH]1)[C@@H]1c2ccccc2C[C@@H]1O. The van der Waals surface area contributed by atoms with Crippen molar-refractivity contribution < 1.29 is 14.7 Å². The molecule has 4 rings (SSSR count). The number of aliphatic hydroxyl groups excluding tert-OH is 1. The summed E-state index contributed by atoms with van der Waals surface area (Å²) in [5, 5.41) is 14.1. The van der Waals surface area contributed by atoms with E-state index >= 15 is 0 Å². The van der Waals surface area contributed by atoms with Crippen LogP contribution in [0.25, 0.3) is 0 Å². The highest BCUT2D eigenvalue weighted by Crippen LogP contribution is 2.41. The van der Waals surface area contributed by atoms with Crippen molar-refractivity contribution in [2.24, 2.45) is 0 Å². The van der Waals surface area contributed by atoms with Crippen LogP contribution in [0.4, 0.5) is 0 Å². The molecule has 32 heavy (non-hydrogen) atoms. The second-order valence-corrected chi connectivity index (χ2v) is 9.02. The van der Waals surface area contributed by atoms with E-state index in [1.54, 1.807) is 24.5 Å². The molecule has 0 aliphatic heterocycles. The van der Waals surface area contributed by atoms with Gasteiger partial charge in [-0.25, -0.2) is 4.98 Å². The molecule has 1 unspecified atom stereocenters. The minimum absolute atomic E-state index is 0.235. The minimum Gasteiger partial charge on any atom is -0.390 e. The summed E-state index contributed by atoms with van der Waals surface area (Å²) in [6.45, 7) is 5.64. The van der Waals surface area contributed by atoms with Gasteiger partial charge in [0.15, 0.2) is 0 Å². The van der Waals surface area contributed by atoms with Gasteiger partial charge in [-0.05, 0) is 38.0 Å². The zero-order chi connectivity index (χ0) is 22.9. The second kappa shape index (κ2) is 8.55. The third-order valence-electron chi connectivity index (χ3n) is 5.45. The van der Waals surface area contributed by atoms with Gasteiger partial charge >= 0.3 is 0 Å². The fourth-order valence-electron chi connectivity index (χ4n) is 4.22. The van der Waals surface area contributed by atoms with Gasteiger partial charge in [-0.15, -0.1) is 0 Å². The molecule has 0 radical (unpaired) electrons. The number of H-pyrrole nitrogens is 1. The summed E-state index contributed by atoms with van der Waals surface area (Å²) >= 11 is 0. The van der Waals surface area contributed by atoms with Gasteiger partial charge in [0.2, 0.25) is 5.91 Å². The minimum atomic E-state index is -1.01. The average Bonchev–Trinajstić information content (AvgIpc) is 3.38. The van der Waals surface area contributed by atoms with Gasteiger partial charge in [-0.2, -0.15) is 0 Å². The zero-order valence-corrected chi connectivity index (χ0v) is 18.3. The van der Waals surface area contributed by atoms with Crippen LogP contribution in [-0.4, -0.2) is 48.4 Å². The van der Waals surface area contributed by atoms with Gasteiger partial charge in [0.05, 0.1) is 24.7 Å². The van der Waals surface area contributed by atoms with Crippen molar-refractivity contribution in [3.63, 3.8) is 0 Å². The lowest BCUT2D eigenvalue weighted by atomic mass is 9.97. The summed E-state index contributed by atoms with van der Waals surface area (Å²) < 4.78 is 0. The van der Waals surface area contributed by atoms with E-state index in [1.165, 1.54) is 17.4 Å². The Bertz CT molecular complexity index is 1090. The fourth-order valence-corrected chi connectivity index (χ4v) is 4.22. The summed E-state index contributed by atoms with van der Waals surface area (Å²) in [5.74, 6) is -0.781. The van der Waals surface area contributed by atoms with E-state index in [0.29, 0.717) is 12.0 Å². The summed E-state index contributed by atoms with van der Waals surface area (Å²) in [4.78, 5) is 39.8. The molecule has 3 N–H and O–H groups in total. The highest BCUT2D eigenvalue weighted by Gasteiger charge is 2.45. The monoisotopic (exact) mass is 433 g/mol. The van der Waals surface area contributed by atoms with Crippen LogP contribution in [0.1, 0.15) is 60.0 Å². The Hall–Kier alpha value is -3.52. The van der Waals surface area contributed by atoms with Crippen molar-refractivity contribution >= 4 is 11.8 Å². The van der Waals surface area contributed by atoms with Crippen molar-refractivity contribution in [3.8, 4) is 0 Å². The number of carbonyl (C=O) groups is 2. The van der Waals surface area contributed by atoms with Crippen LogP contribution >= 0.6 is 0 Å². The predicted octanol–water partition coefficient (Wildman–Crippen LogP) is 2.56. The highest BCUT2D eigenvalue weighted by atomic mass is 16.3. The molecule has 166 valence electrons. The number of hydrogen-bond acceptors (Lipinski definition) is 5. The van der Waals surface area contributed by atoms with E-state index in [1.807, 2.05) is 45.0 Å². The number of aromatic nitrogens is 3. The van der Waals surface area contributed by atoms with Gasteiger partial charge in [0.25, 0.3) is 5.91 Å². The first-order valence-corrected chi connectivity index (χ1v) is 10.5. The fraction of sp³-hybridized carbons (Fsp3) is 0.333. The molecule has 2 aromatic heterocycles. The number of aromatic amines is 1. The number of hydrogen-bond donors (Lipinski definition) is 3. The van der Waals surface area contributed by atoms with E-state index in [2.05, 4.69) is 20.3 Å². The van der Waals surface area contributed by atoms with Gasteiger partial charge in [-0.1, -0.05) is 30.3 Å². The molecule has 8 heteroatoms. The molecule has 3 aromatic rings. The number of pyridine rings is 1. The van der Waals surface area contributed by atoms with Gasteiger partial charge in [0.1, 0.15) is 11.7 Å². The molecular weight excluding hydrogens is 406 g/mol. The molecule has 0 fully saturated rings. The zero-order valence-electron chi connectivity index (χ0n) is 18.3. The number of carbonyl (C=O) groups excluding carboxylic acids is 2. The molecule has 0 bridgehead atoms. The van der Waals surface area contributed by atoms with E-state index in [9.17, 15) is 14.7 Å². The van der Waals surface area contributed by atoms with E-state index in [4.69, 9.17) is 0 Å². The summed E-state index contributed by atoms with van der Waals surface area (Å²) in [6, 6.07) is 9.38. The quantitative estimate of drug-likeness (QED) is 0.573. The third kappa shape index (κ3) is 4.27. The van der Waals surface area contributed by atoms with Gasteiger partial charge < -0.3 is 20.3 Å². The first-order chi connectivity index (χ1) is 15.3. The molecule has 2 heterocycles. The Morgan fingerprint density at radius 2 is 1.94 bits per heavy atom. The normalized spacial score (nSPS) is 18.6. The summed E-state index contributed by atoms with van der Waals surface area (Å²) in [5.41, 5.74) is 2.04. The molecule has 3 atom stereocenters. The summed E-state index contributed by atoms with van der Waals surface area (Å²) in [7, 11) is 0. The lowest BCUT2D eigenvalue weighted by Crippen LogP contribution is -2.51. The Morgan fingerprint density at radius 1 is 1.16 bits per heavy atom. The van der Waals surface area contributed by atoms with Crippen LogP contribution < -0.4 is 5.32 Å². The average molecular weight is 434 g/mol. The Kier molecular flexibility index (Phi) is 5.80. The van der Waals surface area contributed by atoms with Crippen molar-refractivity contribution in [1.29, 1.82) is 0 Å². The van der Waals surface area contributed by atoms with Crippen molar-refractivity contribution in [2.75, 3.05) is 0 Å². The van der Waals surface area contributed by atoms with Crippen molar-refractivity contribution in [1.82, 2.24) is 25.2 Å². The van der Waals surface area contributed by atoms with E-state index < -0.39 is 29.6 Å². The van der Waals surface area contributed by atoms with E-state index in [0.717, 1.165) is 11.1 Å². The van der Waals surface area contributed by atoms with Crippen molar-refractivity contribution in [2.45, 2.75) is 50.9 Å². The van der Waals surface area contributed by atoms with Crippen LogP contribution in [0.15, 0.2) is 61.3 Å². The maximum atomic E-state index is 13.8. The third-order valence-corrected chi connectivity index (χ3v) is 5.45. The lowest BCUT2D eigenvalue weighted by Gasteiger charge is -2.38. The molecule has 2 amide bonds. The standard InChI is InChI=1S/C24H27N5O3/c1-24(2,3)28-22(31)20(16-8-6-10-25-12-16)29(23(32)18-13-26-14-27-18)21-17-9-5-4-7-15(17)11-19(21)30/h4-10,12-14,19-21,30H,11H2,1-3H3,(H,26,27)(H,28,31)/t19-,20?,21+/m0/s1. The number of nitrogens with one attached hydrogen (secondary N) is 2. The number of imidazole rings is 1. The van der Waals surface area contributed by atoms with Crippen molar-refractivity contribution in [3.05, 3.63) is 83.7 Å². The van der Waals surface area contributed by atoms with Gasteiger partial charge in [-0.3, -0.25) is 14.6 Å². The van der Waals surface area contributed by atoms with Crippen LogP contribution in [0, 0.1) is 0 Å². The number of amides is 2. The number of rotatable bonds is 5. The van der Waals surface area contributed by atoms with Gasteiger partial charge in [0, 0.05) is 29.9 Å². The Balaban J connectivity index is 1.88. The first-order valence-electron chi connectivity index (χ1n) is 10.5. The molecule has 1 aliphatic carbocycles. The molecule has 0 saturated carbocycles. The number of nitrogens with zero attached hydrogens (tertiary/aromatic N) is 3. The largest absolute Gasteiger partial charge is 0.390 e. The van der Waals surface area contributed by atoms with Crippen LogP contribution in [0.3, 0.4) is 0 Å². The summed E-state index contributed by atoms with van der Waals surface area (Å²) in [6.07, 6.45) is 5.56. The first kappa shape index (κ1) is 21.7. The second-order valence-electron chi connectivity index (χ2n) is 9.02. The van der Waals surface area contributed by atoms with Crippen LogP contribution in [0.2, 0.25) is 0 Å².